The van der Waals surface area contributed by atoms with Gasteiger partial charge in [-0.3, -0.25) is 10.1 Å². The number of rotatable bonds is 8. The van der Waals surface area contributed by atoms with E-state index in [2.05, 4.69) is 12.2 Å². The molecule has 2 atom stereocenters. The topological polar surface area (TPSA) is 58.6 Å². The van der Waals surface area contributed by atoms with Gasteiger partial charge in [-0.05, 0) is 26.2 Å². The van der Waals surface area contributed by atoms with Crippen LogP contribution in [0.2, 0.25) is 0 Å². The van der Waals surface area contributed by atoms with Crippen LogP contribution < -0.4 is 5.32 Å². The number of carboxylic acid groups (broad SMARTS) is 1. The molecule has 88 valence electrons. The molecule has 0 spiro atoms. The molecule has 1 aliphatic rings. The summed E-state index contributed by atoms with van der Waals surface area (Å²) in [5.74, 6) is -0.814. The maximum atomic E-state index is 10.9. The van der Waals surface area contributed by atoms with Gasteiger partial charge in [0, 0.05) is 6.04 Å². The van der Waals surface area contributed by atoms with Gasteiger partial charge in [0.15, 0.2) is 0 Å². The molecule has 0 bridgehead atoms. The Kier molecular flexibility index (Phi) is 5.05. The van der Waals surface area contributed by atoms with E-state index in [0.29, 0.717) is 6.04 Å². The monoisotopic (exact) mass is 215 g/mol. The number of hydrogen-bond acceptors (Lipinski definition) is 3. The summed E-state index contributed by atoms with van der Waals surface area (Å²) < 4.78 is 5.49. The maximum absolute atomic E-state index is 10.9. The fourth-order valence-corrected chi connectivity index (χ4v) is 1.48. The Labute approximate surface area is 91.0 Å². The molecule has 0 heterocycles. The van der Waals surface area contributed by atoms with Crippen LogP contribution in [0.25, 0.3) is 0 Å². The molecule has 1 rings (SSSR count). The summed E-state index contributed by atoms with van der Waals surface area (Å²) in [5, 5.41) is 12.0. The number of carbonyl (C=O) groups is 1. The minimum atomic E-state index is -0.814. The summed E-state index contributed by atoms with van der Waals surface area (Å²) in [7, 11) is 0. The van der Waals surface area contributed by atoms with Crippen LogP contribution in [-0.4, -0.2) is 35.9 Å². The van der Waals surface area contributed by atoms with Crippen molar-refractivity contribution in [3.8, 4) is 0 Å². The zero-order valence-corrected chi connectivity index (χ0v) is 9.53. The fraction of sp³-hybridized carbons (Fsp3) is 0.909. The third-order valence-corrected chi connectivity index (χ3v) is 2.55. The highest BCUT2D eigenvalue weighted by atomic mass is 16.5. The highest BCUT2D eigenvalue weighted by Crippen LogP contribution is 2.19. The number of carboxylic acids is 1. The Morgan fingerprint density at radius 3 is 2.73 bits per heavy atom. The molecule has 1 fully saturated rings. The Morgan fingerprint density at radius 1 is 1.60 bits per heavy atom. The summed E-state index contributed by atoms with van der Waals surface area (Å²) in [6.07, 6.45) is 4.38. The van der Waals surface area contributed by atoms with Crippen LogP contribution in [0.1, 0.15) is 39.5 Å². The third kappa shape index (κ3) is 5.14. The molecule has 0 aromatic rings. The van der Waals surface area contributed by atoms with E-state index >= 15 is 0 Å². The van der Waals surface area contributed by atoms with E-state index in [1.807, 2.05) is 6.92 Å². The van der Waals surface area contributed by atoms with Gasteiger partial charge in [-0.2, -0.15) is 0 Å². The van der Waals surface area contributed by atoms with E-state index in [1.54, 1.807) is 0 Å². The lowest BCUT2D eigenvalue weighted by Gasteiger charge is -2.17. The van der Waals surface area contributed by atoms with E-state index in [1.165, 1.54) is 0 Å². The van der Waals surface area contributed by atoms with Gasteiger partial charge < -0.3 is 9.84 Å². The van der Waals surface area contributed by atoms with E-state index in [0.717, 1.165) is 25.7 Å². The van der Waals surface area contributed by atoms with Gasteiger partial charge in [-0.25, -0.2) is 0 Å². The van der Waals surface area contributed by atoms with E-state index in [9.17, 15) is 4.79 Å². The van der Waals surface area contributed by atoms with Crippen molar-refractivity contribution in [1.82, 2.24) is 5.32 Å². The molecule has 0 aliphatic heterocycles. The molecule has 0 aromatic heterocycles. The average molecular weight is 215 g/mol. The molecular weight excluding hydrogens is 194 g/mol. The van der Waals surface area contributed by atoms with Crippen molar-refractivity contribution in [2.24, 2.45) is 0 Å². The van der Waals surface area contributed by atoms with Gasteiger partial charge in [0.2, 0.25) is 0 Å². The van der Waals surface area contributed by atoms with Crippen molar-refractivity contribution >= 4 is 5.97 Å². The van der Waals surface area contributed by atoms with Crippen LogP contribution >= 0.6 is 0 Å². The average Bonchev–Trinajstić information content (AvgIpc) is 2.95. The van der Waals surface area contributed by atoms with Crippen LogP contribution in [0.4, 0.5) is 0 Å². The number of hydrogen-bond donors (Lipinski definition) is 2. The molecule has 1 saturated carbocycles. The van der Waals surface area contributed by atoms with Crippen molar-refractivity contribution in [2.75, 3.05) is 6.61 Å². The molecule has 0 amide bonds. The molecule has 0 saturated heterocycles. The first-order chi connectivity index (χ1) is 7.13. The Balaban J connectivity index is 2.21. The molecule has 0 aromatic carbocycles. The minimum absolute atomic E-state index is 0.151. The first-order valence-corrected chi connectivity index (χ1v) is 5.74. The fourth-order valence-electron chi connectivity index (χ4n) is 1.48. The van der Waals surface area contributed by atoms with Gasteiger partial charge in [0.05, 0.1) is 12.7 Å². The predicted molar refractivity (Wildman–Crippen MR) is 57.9 cm³/mol. The molecule has 2 unspecified atom stereocenters. The molecule has 4 nitrogen and oxygen atoms in total. The smallest absolute Gasteiger partial charge is 0.323 e. The molecular formula is C11H21NO3. The maximum Gasteiger partial charge on any atom is 0.323 e. The minimum Gasteiger partial charge on any atom is -0.480 e. The summed E-state index contributed by atoms with van der Waals surface area (Å²) in [6, 6.07) is -0.145. The number of nitrogens with one attached hydrogen (secondary N) is 1. The quantitative estimate of drug-likeness (QED) is 0.642. The van der Waals surface area contributed by atoms with Crippen molar-refractivity contribution < 1.29 is 14.6 Å². The second-order valence-corrected chi connectivity index (χ2v) is 4.26. The number of aliphatic carboxylic acids is 1. The Hall–Kier alpha value is -0.610. The molecule has 1 aliphatic carbocycles. The summed E-state index contributed by atoms with van der Waals surface area (Å²) in [4.78, 5) is 10.9. The summed E-state index contributed by atoms with van der Waals surface area (Å²) in [5.41, 5.74) is 0. The third-order valence-electron chi connectivity index (χ3n) is 2.55. The van der Waals surface area contributed by atoms with Gasteiger partial charge in [-0.1, -0.05) is 13.3 Å². The van der Waals surface area contributed by atoms with Crippen LogP contribution in [0, 0.1) is 0 Å². The van der Waals surface area contributed by atoms with Gasteiger partial charge in [0.1, 0.15) is 6.04 Å². The first-order valence-electron chi connectivity index (χ1n) is 5.74. The van der Waals surface area contributed by atoms with Crippen LogP contribution in [-0.2, 0) is 9.53 Å². The lowest BCUT2D eigenvalue weighted by molar-refractivity contribution is -0.141. The summed E-state index contributed by atoms with van der Waals surface area (Å²) >= 11 is 0. The lowest BCUT2D eigenvalue weighted by Crippen LogP contribution is -2.42. The molecule has 15 heavy (non-hydrogen) atoms. The Bertz CT molecular complexity index is 204. The van der Waals surface area contributed by atoms with Crippen molar-refractivity contribution in [2.45, 2.75) is 57.7 Å². The predicted octanol–water partition coefficient (Wildman–Crippen LogP) is 1.40. The van der Waals surface area contributed by atoms with Crippen LogP contribution in [0.5, 0.6) is 0 Å². The standard InChI is InChI=1S/C11H21NO3/c1-3-4-8(2)15-7-10(11(13)14)12-9-5-6-9/h8-10,12H,3-7H2,1-2H3,(H,13,14). The first kappa shape index (κ1) is 12.5. The number of ether oxygens (including phenoxy) is 1. The van der Waals surface area contributed by atoms with Gasteiger partial charge in [0.25, 0.3) is 0 Å². The van der Waals surface area contributed by atoms with Crippen LogP contribution in [0.3, 0.4) is 0 Å². The van der Waals surface area contributed by atoms with Crippen molar-refractivity contribution in [3.63, 3.8) is 0 Å². The normalized spacial score (nSPS) is 19.9. The van der Waals surface area contributed by atoms with Crippen molar-refractivity contribution in [1.29, 1.82) is 0 Å². The summed E-state index contributed by atoms with van der Waals surface area (Å²) in [6.45, 7) is 4.35. The molecule has 2 N–H and O–H groups in total. The van der Waals surface area contributed by atoms with Gasteiger partial charge in [-0.15, -0.1) is 0 Å². The molecule has 0 radical (unpaired) electrons. The second-order valence-electron chi connectivity index (χ2n) is 4.26. The highest BCUT2D eigenvalue weighted by molar-refractivity contribution is 5.73. The highest BCUT2D eigenvalue weighted by Gasteiger charge is 2.28. The lowest BCUT2D eigenvalue weighted by atomic mass is 10.2. The SMILES string of the molecule is CCCC(C)OCC(NC1CC1)C(=O)O. The van der Waals surface area contributed by atoms with E-state index in [4.69, 9.17) is 9.84 Å². The largest absolute Gasteiger partial charge is 0.480 e. The molecule has 4 heteroatoms. The van der Waals surface area contributed by atoms with E-state index in [-0.39, 0.29) is 12.7 Å². The van der Waals surface area contributed by atoms with E-state index < -0.39 is 12.0 Å². The van der Waals surface area contributed by atoms with Gasteiger partial charge >= 0.3 is 5.97 Å². The second kappa shape index (κ2) is 6.08. The van der Waals surface area contributed by atoms with Crippen molar-refractivity contribution in [3.05, 3.63) is 0 Å². The van der Waals surface area contributed by atoms with Crippen LogP contribution in [0.15, 0.2) is 0 Å². The zero-order valence-electron chi connectivity index (χ0n) is 9.53. The zero-order chi connectivity index (χ0) is 11.3. The Morgan fingerprint density at radius 2 is 2.27 bits per heavy atom.